The van der Waals surface area contributed by atoms with Crippen molar-refractivity contribution in [3.05, 3.63) is 0 Å². The van der Waals surface area contributed by atoms with Gasteiger partial charge in [0.25, 0.3) is 0 Å². The van der Waals surface area contributed by atoms with Crippen molar-refractivity contribution in [2.24, 2.45) is 0 Å². The molecule has 0 aromatic rings. The molecule has 0 aliphatic heterocycles. The Morgan fingerprint density at radius 1 is 1.22 bits per heavy atom. The fourth-order valence-electron chi connectivity index (χ4n) is 1.20. The van der Waals surface area contributed by atoms with Crippen LogP contribution in [0.15, 0.2) is 0 Å². The molecule has 0 heterocycles. The predicted octanol–water partition coefficient (Wildman–Crippen LogP) is 2.18. The average Bonchev–Trinajstić information content (AvgIpc) is 2.27. The summed E-state index contributed by atoms with van der Waals surface area (Å²) in [5.74, 6) is -2.93. The Balaban J connectivity index is 4.37. The van der Waals surface area contributed by atoms with Crippen molar-refractivity contribution in [1.29, 1.82) is 0 Å². The smallest absolute Gasteiger partial charge is 0.464 e. The molecule has 1 N–H and O–H groups in total. The Kier molecular flexibility index (Phi) is 7.38. The lowest BCUT2D eigenvalue weighted by atomic mass is 10.1. The molecule has 0 rings (SSSR count). The van der Waals surface area contributed by atoms with Gasteiger partial charge in [-0.05, 0) is 12.8 Å². The summed E-state index contributed by atoms with van der Waals surface area (Å²) >= 11 is 0. The van der Waals surface area contributed by atoms with Gasteiger partial charge in [0.2, 0.25) is 0 Å². The highest BCUT2D eigenvalue weighted by Crippen LogP contribution is 2.15. The molecule has 0 unspecified atom stereocenters. The van der Waals surface area contributed by atoms with E-state index in [4.69, 9.17) is 4.74 Å². The van der Waals surface area contributed by atoms with Gasteiger partial charge in [-0.25, -0.2) is 4.79 Å². The lowest BCUT2D eigenvalue weighted by Gasteiger charge is -2.17. The van der Waals surface area contributed by atoms with Gasteiger partial charge in [-0.3, -0.25) is 4.79 Å². The van der Waals surface area contributed by atoms with E-state index in [9.17, 15) is 22.8 Å². The van der Waals surface area contributed by atoms with Gasteiger partial charge in [0.1, 0.15) is 6.04 Å². The second-order valence-electron chi connectivity index (χ2n) is 3.83. The van der Waals surface area contributed by atoms with Crippen LogP contribution in [0.5, 0.6) is 0 Å². The van der Waals surface area contributed by atoms with Gasteiger partial charge in [-0.1, -0.05) is 26.7 Å². The summed E-state index contributed by atoms with van der Waals surface area (Å²) in [4.78, 5) is 22.2. The molecule has 0 aliphatic carbocycles. The van der Waals surface area contributed by atoms with E-state index in [1.165, 1.54) is 0 Å². The molecule has 0 aliphatic rings. The molecule has 1 atom stereocenters. The van der Waals surface area contributed by atoms with Crippen LogP contribution in [0.2, 0.25) is 0 Å². The lowest BCUT2D eigenvalue weighted by Crippen LogP contribution is -2.47. The summed E-state index contributed by atoms with van der Waals surface area (Å²) in [7, 11) is 0. The maximum absolute atomic E-state index is 12.1. The number of amides is 1. The van der Waals surface area contributed by atoms with Crippen molar-refractivity contribution >= 4 is 11.9 Å². The maximum Gasteiger partial charge on any atom is 0.471 e. The number of hydrogen-bond donors (Lipinski definition) is 1. The van der Waals surface area contributed by atoms with Crippen molar-refractivity contribution in [2.75, 3.05) is 6.61 Å². The summed E-state index contributed by atoms with van der Waals surface area (Å²) in [6, 6.07) is -1.24. The number of carbonyl (C=O) groups excluding carboxylic acids is 2. The molecular formula is C11H18F3NO3. The number of hydrogen-bond acceptors (Lipinski definition) is 3. The number of halogens is 3. The van der Waals surface area contributed by atoms with Crippen LogP contribution in [0.3, 0.4) is 0 Å². The molecule has 0 spiro atoms. The third-order valence-corrected chi connectivity index (χ3v) is 2.17. The van der Waals surface area contributed by atoms with E-state index in [0.29, 0.717) is 12.8 Å². The van der Waals surface area contributed by atoms with Crippen LogP contribution in [0.1, 0.15) is 39.5 Å². The Hall–Kier alpha value is -1.27. The number of rotatable bonds is 7. The highest BCUT2D eigenvalue weighted by Gasteiger charge is 2.40. The Morgan fingerprint density at radius 2 is 1.83 bits per heavy atom. The van der Waals surface area contributed by atoms with E-state index >= 15 is 0 Å². The molecule has 0 radical (unpaired) electrons. The minimum Gasteiger partial charge on any atom is -0.464 e. The van der Waals surface area contributed by atoms with Crippen molar-refractivity contribution in [3.8, 4) is 0 Å². The Labute approximate surface area is 104 Å². The Bertz CT molecular complexity index is 279. The molecule has 0 bridgehead atoms. The van der Waals surface area contributed by atoms with Crippen molar-refractivity contribution < 1.29 is 27.5 Å². The summed E-state index contributed by atoms with van der Waals surface area (Å²) in [5, 5.41) is 1.65. The zero-order valence-corrected chi connectivity index (χ0v) is 10.5. The number of unbranched alkanes of at least 4 members (excludes halogenated alkanes) is 1. The highest BCUT2D eigenvalue weighted by molar-refractivity contribution is 5.87. The first-order valence-corrected chi connectivity index (χ1v) is 5.87. The molecule has 7 heteroatoms. The zero-order valence-electron chi connectivity index (χ0n) is 10.5. The van der Waals surface area contributed by atoms with Crippen LogP contribution in [-0.2, 0) is 14.3 Å². The molecule has 0 aromatic heterocycles. The zero-order chi connectivity index (χ0) is 14.2. The monoisotopic (exact) mass is 269 g/mol. The number of alkyl halides is 3. The first kappa shape index (κ1) is 16.7. The van der Waals surface area contributed by atoms with E-state index in [0.717, 1.165) is 6.42 Å². The predicted molar refractivity (Wildman–Crippen MR) is 58.8 cm³/mol. The van der Waals surface area contributed by atoms with Crippen LogP contribution in [0, 0.1) is 0 Å². The Morgan fingerprint density at radius 3 is 2.28 bits per heavy atom. The van der Waals surface area contributed by atoms with E-state index < -0.39 is 24.1 Å². The summed E-state index contributed by atoms with van der Waals surface area (Å²) < 4.78 is 41.0. The summed E-state index contributed by atoms with van der Waals surface area (Å²) in [6.45, 7) is 3.74. The topological polar surface area (TPSA) is 55.4 Å². The van der Waals surface area contributed by atoms with Gasteiger partial charge in [0.15, 0.2) is 0 Å². The third kappa shape index (κ3) is 6.46. The van der Waals surface area contributed by atoms with E-state index in [1.54, 1.807) is 12.2 Å². The van der Waals surface area contributed by atoms with Crippen LogP contribution >= 0.6 is 0 Å². The third-order valence-electron chi connectivity index (χ3n) is 2.17. The minimum absolute atomic E-state index is 0.118. The minimum atomic E-state index is -4.99. The molecular weight excluding hydrogens is 251 g/mol. The van der Waals surface area contributed by atoms with E-state index in [-0.39, 0.29) is 13.0 Å². The van der Waals surface area contributed by atoms with Crippen LogP contribution in [-0.4, -0.2) is 30.7 Å². The van der Waals surface area contributed by atoms with Gasteiger partial charge in [-0.15, -0.1) is 0 Å². The van der Waals surface area contributed by atoms with Crippen LogP contribution in [0.4, 0.5) is 13.2 Å². The van der Waals surface area contributed by atoms with Crippen molar-refractivity contribution in [3.63, 3.8) is 0 Å². The van der Waals surface area contributed by atoms with Crippen LogP contribution < -0.4 is 5.32 Å². The van der Waals surface area contributed by atoms with E-state index in [1.807, 2.05) is 6.92 Å². The molecule has 106 valence electrons. The first-order valence-electron chi connectivity index (χ1n) is 5.87. The molecule has 0 fully saturated rings. The van der Waals surface area contributed by atoms with Crippen molar-refractivity contribution in [1.82, 2.24) is 5.32 Å². The van der Waals surface area contributed by atoms with Crippen molar-refractivity contribution in [2.45, 2.75) is 51.7 Å². The average molecular weight is 269 g/mol. The standard InChI is InChI=1S/C11H18F3NO3/c1-3-5-7-18-9(16)8(6-4-2)15-10(17)11(12,13)14/h8H,3-7H2,1-2H3,(H,15,17)/t8-/m0/s1. The fraction of sp³-hybridized carbons (Fsp3) is 0.818. The lowest BCUT2D eigenvalue weighted by molar-refractivity contribution is -0.176. The number of carbonyl (C=O) groups is 2. The molecule has 1 amide bonds. The summed E-state index contributed by atoms with van der Waals surface area (Å²) in [5.41, 5.74) is 0. The molecule has 18 heavy (non-hydrogen) atoms. The molecule has 0 aromatic carbocycles. The van der Waals surface area contributed by atoms with Gasteiger partial charge < -0.3 is 10.1 Å². The van der Waals surface area contributed by atoms with Gasteiger partial charge >= 0.3 is 18.1 Å². The number of nitrogens with one attached hydrogen (secondary N) is 1. The molecule has 4 nitrogen and oxygen atoms in total. The molecule has 0 saturated carbocycles. The quantitative estimate of drug-likeness (QED) is 0.569. The SMILES string of the molecule is CCCCOC(=O)[C@H](CCC)NC(=O)C(F)(F)F. The van der Waals surface area contributed by atoms with Gasteiger partial charge in [0.05, 0.1) is 6.61 Å². The normalized spacial score (nSPS) is 12.9. The largest absolute Gasteiger partial charge is 0.471 e. The van der Waals surface area contributed by atoms with Gasteiger partial charge in [-0.2, -0.15) is 13.2 Å². The maximum atomic E-state index is 12.1. The summed E-state index contributed by atoms with van der Waals surface area (Å²) in [6.07, 6.45) is -2.97. The second-order valence-corrected chi connectivity index (χ2v) is 3.83. The van der Waals surface area contributed by atoms with Gasteiger partial charge in [0, 0.05) is 0 Å². The number of esters is 1. The highest BCUT2D eigenvalue weighted by atomic mass is 19.4. The first-order chi connectivity index (χ1) is 8.32. The molecule has 0 saturated heterocycles. The van der Waals surface area contributed by atoms with E-state index in [2.05, 4.69) is 0 Å². The fourth-order valence-corrected chi connectivity index (χ4v) is 1.20. The van der Waals surface area contributed by atoms with Crippen LogP contribution in [0.25, 0.3) is 0 Å². The number of ether oxygens (including phenoxy) is 1. The second kappa shape index (κ2) is 7.94.